The number of aromatic nitrogens is 1. The summed E-state index contributed by atoms with van der Waals surface area (Å²) in [6.45, 7) is 6.44. The highest BCUT2D eigenvalue weighted by Crippen LogP contribution is 2.42. The molecule has 1 saturated heterocycles. The fourth-order valence-electron chi connectivity index (χ4n) is 4.13. The number of aryl methyl sites for hydroxylation is 1. The van der Waals surface area contributed by atoms with Crippen molar-refractivity contribution in [3.63, 3.8) is 0 Å². The lowest BCUT2D eigenvalue weighted by atomic mass is 9.95. The maximum atomic E-state index is 13.3. The van der Waals surface area contributed by atoms with Gasteiger partial charge in [-0.05, 0) is 78.6 Å². The molecule has 0 spiro atoms. The molecule has 192 valence electrons. The number of ketones is 1. The predicted octanol–water partition coefficient (Wildman–Crippen LogP) is 3.70. The Hall–Kier alpha value is -4.02. The number of sulfonamides is 1. The molecule has 1 aromatic heterocycles. The van der Waals surface area contributed by atoms with Crippen LogP contribution in [0, 0.1) is 12.8 Å². The van der Waals surface area contributed by atoms with Crippen molar-refractivity contribution in [3.8, 4) is 5.75 Å². The van der Waals surface area contributed by atoms with Gasteiger partial charge in [0.15, 0.2) is 0 Å². The number of Topliss-reactive ketones (excluding diaryl/α,β-unsaturated/α-hetero) is 1. The molecule has 0 saturated carbocycles. The second kappa shape index (κ2) is 10.2. The van der Waals surface area contributed by atoms with Crippen molar-refractivity contribution in [3.05, 3.63) is 89.3 Å². The molecule has 0 radical (unpaired) electrons. The fraction of sp³-hybridized carbons (Fsp3) is 0.222. The summed E-state index contributed by atoms with van der Waals surface area (Å²) in [5.41, 5.74) is 1.83. The number of hydrogen-bond acceptors (Lipinski definition) is 7. The van der Waals surface area contributed by atoms with E-state index in [1.165, 1.54) is 41.6 Å². The SMILES string of the molecule is Cc1cc(/C(O)=C2\C(=O)C(=O)N(c3ccc(S(N)(=O)=O)cc3)C2c2ccncc2)ccc1OCC(C)C. The Morgan fingerprint density at radius 1 is 1.08 bits per heavy atom. The van der Waals surface area contributed by atoms with Crippen LogP contribution in [-0.4, -0.2) is 36.8 Å². The molecule has 2 heterocycles. The monoisotopic (exact) mass is 521 g/mol. The average molecular weight is 522 g/mol. The van der Waals surface area contributed by atoms with Crippen molar-refractivity contribution >= 4 is 33.2 Å². The normalized spacial score (nSPS) is 17.4. The van der Waals surface area contributed by atoms with E-state index in [1.807, 2.05) is 20.8 Å². The molecule has 1 atom stereocenters. The van der Waals surface area contributed by atoms with Gasteiger partial charge >= 0.3 is 0 Å². The van der Waals surface area contributed by atoms with Gasteiger partial charge in [0, 0.05) is 23.6 Å². The first-order chi connectivity index (χ1) is 17.5. The number of aliphatic hydroxyl groups is 1. The summed E-state index contributed by atoms with van der Waals surface area (Å²) in [6.07, 6.45) is 3.04. The minimum absolute atomic E-state index is 0.0954. The van der Waals surface area contributed by atoms with E-state index in [9.17, 15) is 23.1 Å². The van der Waals surface area contributed by atoms with Gasteiger partial charge in [-0.15, -0.1) is 0 Å². The van der Waals surface area contributed by atoms with Gasteiger partial charge < -0.3 is 9.84 Å². The highest BCUT2D eigenvalue weighted by atomic mass is 32.2. The van der Waals surface area contributed by atoms with Gasteiger partial charge in [-0.3, -0.25) is 19.5 Å². The van der Waals surface area contributed by atoms with Crippen molar-refractivity contribution in [2.24, 2.45) is 11.1 Å². The van der Waals surface area contributed by atoms with Gasteiger partial charge in [-0.2, -0.15) is 0 Å². The quantitative estimate of drug-likeness (QED) is 0.274. The largest absolute Gasteiger partial charge is 0.507 e. The van der Waals surface area contributed by atoms with Crippen LogP contribution in [0.4, 0.5) is 5.69 Å². The predicted molar refractivity (Wildman–Crippen MR) is 138 cm³/mol. The van der Waals surface area contributed by atoms with Crippen molar-refractivity contribution in [1.29, 1.82) is 0 Å². The number of carbonyl (C=O) groups excluding carboxylic acids is 2. The van der Waals surface area contributed by atoms with E-state index in [1.54, 1.807) is 30.3 Å². The molecule has 1 aliphatic rings. The summed E-state index contributed by atoms with van der Waals surface area (Å²) >= 11 is 0. The molecule has 1 fully saturated rings. The number of benzene rings is 2. The summed E-state index contributed by atoms with van der Waals surface area (Å²) in [6, 6.07) is 12.7. The molecule has 10 heteroatoms. The molecule has 1 aliphatic heterocycles. The topological polar surface area (TPSA) is 140 Å². The van der Waals surface area contributed by atoms with E-state index < -0.39 is 27.8 Å². The Morgan fingerprint density at radius 3 is 2.30 bits per heavy atom. The minimum Gasteiger partial charge on any atom is -0.507 e. The maximum absolute atomic E-state index is 13.3. The number of rotatable bonds is 7. The number of pyridine rings is 1. The van der Waals surface area contributed by atoms with E-state index in [-0.39, 0.29) is 21.9 Å². The van der Waals surface area contributed by atoms with Crippen LogP contribution in [0.5, 0.6) is 5.75 Å². The second-order valence-corrected chi connectivity index (χ2v) is 10.7. The van der Waals surface area contributed by atoms with Crippen LogP contribution in [-0.2, 0) is 19.6 Å². The first-order valence-electron chi connectivity index (χ1n) is 11.6. The smallest absolute Gasteiger partial charge is 0.300 e. The number of anilines is 1. The molecule has 3 aromatic rings. The summed E-state index contributed by atoms with van der Waals surface area (Å²) in [5.74, 6) is -1.07. The summed E-state index contributed by atoms with van der Waals surface area (Å²) in [7, 11) is -3.95. The number of primary sulfonamides is 1. The lowest BCUT2D eigenvalue weighted by molar-refractivity contribution is -0.132. The fourth-order valence-corrected chi connectivity index (χ4v) is 4.64. The first-order valence-corrected chi connectivity index (χ1v) is 13.1. The Morgan fingerprint density at radius 2 is 1.73 bits per heavy atom. The minimum atomic E-state index is -3.95. The third kappa shape index (κ3) is 5.25. The Kier molecular flexibility index (Phi) is 7.15. The molecule has 0 bridgehead atoms. The maximum Gasteiger partial charge on any atom is 0.300 e. The molecule has 1 amide bonds. The molecule has 2 aromatic carbocycles. The van der Waals surface area contributed by atoms with E-state index in [0.29, 0.717) is 29.4 Å². The number of nitrogens with zero attached hydrogens (tertiary/aromatic N) is 2. The Balaban J connectivity index is 1.83. The molecule has 9 nitrogen and oxygen atoms in total. The number of nitrogens with two attached hydrogens (primary N) is 1. The first kappa shape index (κ1) is 26.1. The summed E-state index contributed by atoms with van der Waals surface area (Å²) in [5, 5.41) is 16.5. The summed E-state index contributed by atoms with van der Waals surface area (Å²) < 4.78 is 29.2. The second-order valence-electron chi connectivity index (χ2n) is 9.17. The zero-order chi connectivity index (χ0) is 26.9. The van der Waals surface area contributed by atoms with E-state index in [2.05, 4.69) is 4.98 Å². The number of ether oxygens (including phenoxy) is 1. The van der Waals surface area contributed by atoms with Gasteiger partial charge in [-0.25, -0.2) is 13.6 Å². The van der Waals surface area contributed by atoms with Crippen molar-refractivity contribution in [1.82, 2.24) is 4.98 Å². The Bertz CT molecular complexity index is 1480. The van der Waals surface area contributed by atoms with Crippen LogP contribution in [0.15, 0.2) is 77.5 Å². The van der Waals surface area contributed by atoms with E-state index in [0.717, 1.165) is 5.56 Å². The molecule has 0 aliphatic carbocycles. The van der Waals surface area contributed by atoms with Gasteiger partial charge in [0.25, 0.3) is 11.7 Å². The van der Waals surface area contributed by atoms with Crippen LogP contribution >= 0.6 is 0 Å². The van der Waals surface area contributed by atoms with Crippen LogP contribution in [0.2, 0.25) is 0 Å². The number of aliphatic hydroxyl groups excluding tert-OH is 1. The third-order valence-electron chi connectivity index (χ3n) is 5.93. The zero-order valence-electron chi connectivity index (χ0n) is 20.6. The molecule has 4 rings (SSSR count). The van der Waals surface area contributed by atoms with Crippen LogP contribution in [0.1, 0.15) is 36.6 Å². The summed E-state index contributed by atoms with van der Waals surface area (Å²) in [4.78, 5) is 31.6. The van der Waals surface area contributed by atoms with Gasteiger partial charge in [0.1, 0.15) is 11.5 Å². The molecular formula is C27H27N3O6S. The number of hydrogen-bond donors (Lipinski definition) is 2. The molecule has 3 N–H and O–H groups in total. The van der Waals surface area contributed by atoms with Gasteiger partial charge in [-0.1, -0.05) is 13.8 Å². The van der Waals surface area contributed by atoms with Crippen LogP contribution in [0.25, 0.3) is 5.76 Å². The highest BCUT2D eigenvalue weighted by molar-refractivity contribution is 7.89. The Labute approximate surface area is 215 Å². The number of carbonyl (C=O) groups is 2. The van der Waals surface area contributed by atoms with Crippen molar-refractivity contribution in [2.75, 3.05) is 11.5 Å². The standard InChI is InChI=1S/C27H27N3O6S/c1-16(2)15-36-22-9-4-19(14-17(22)3)25(31)23-24(18-10-12-29-13-11-18)30(27(33)26(23)32)20-5-7-21(8-6-20)37(28,34)35/h4-14,16,24,31H,15H2,1-3H3,(H2,28,34,35)/b25-23+. The molecular weight excluding hydrogens is 494 g/mol. The molecule has 37 heavy (non-hydrogen) atoms. The van der Waals surface area contributed by atoms with Crippen molar-refractivity contribution < 1.29 is 27.9 Å². The van der Waals surface area contributed by atoms with Crippen molar-refractivity contribution in [2.45, 2.75) is 31.7 Å². The highest BCUT2D eigenvalue weighted by Gasteiger charge is 2.47. The number of amides is 1. The van der Waals surface area contributed by atoms with Crippen LogP contribution < -0.4 is 14.8 Å². The van der Waals surface area contributed by atoms with Gasteiger partial charge in [0.2, 0.25) is 10.0 Å². The third-order valence-corrected chi connectivity index (χ3v) is 6.86. The van der Waals surface area contributed by atoms with E-state index in [4.69, 9.17) is 9.88 Å². The lowest BCUT2D eigenvalue weighted by Crippen LogP contribution is -2.29. The average Bonchev–Trinajstić information content (AvgIpc) is 3.13. The van der Waals surface area contributed by atoms with Crippen LogP contribution in [0.3, 0.4) is 0 Å². The van der Waals surface area contributed by atoms with E-state index >= 15 is 0 Å². The molecule has 1 unspecified atom stereocenters. The van der Waals surface area contributed by atoms with Gasteiger partial charge in [0.05, 0.1) is 23.1 Å². The zero-order valence-corrected chi connectivity index (χ0v) is 21.4. The lowest BCUT2D eigenvalue weighted by Gasteiger charge is -2.25.